The molecule has 4 heteroatoms. The van der Waals surface area contributed by atoms with Gasteiger partial charge in [0.15, 0.2) is 0 Å². The Balaban J connectivity index is 2.01. The third kappa shape index (κ3) is 3.20. The van der Waals surface area contributed by atoms with Gasteiger partial charge in [0, 0.05) is 6.04 Å². The second-order valence-electron chi connectivity index (χ2n) is 4.45. The molecule has 0 bridgehead atoms. The lowest BCUT2D eigenvalue weighted by molar-refractivity contribution is -0.137. The highest BCUT2D eigenvalue weighted by Gasteiger charge is 2.19. The van der Waals surface area contributed by atoms with Gasteiger partial charge in [-0.05, 0) is 37.0 Å². The minimum Gasteiger partial charge on any atom is -0.490 e. The second kappa shape index (κ2) is 5.19. The minimum atomic E-state index is -0.886. The fourth-order valence-electron chi connectivity index (χ4n) is 1.81. The van der Waals surface area contributed by atoms with Gasteiger partial charge in [-0.25, -0.2) is 0 Å². The summed E-state index contributed by atoms with van der Waals surface area (Å²) in [5, 5.41) is 8.70. The van der Waals surface area contributed by atoms with Crippen molar-refractivity contribution in [3.05, 3.63) is 29.8 Å². The van der Waals surface area contributed by atoms with E-state index in [1.165, 1.54) is 6.42 Å². The van der Waals surface area contributed by atoms with Gasteiger partial charge in [0.05, 0.1) is 12.5 Å². The summed E-state index contributed by atoms with van der Waals surface area (Å²) in [6, 6.07) is 6.94. The Hall–Kier alpha value is -1.55. The maximum absolute atomic E-state index is 10.6. The minimum absolute atomic E-state index is 0.0626. The number of carboxylic acid groups (broad SMARTS) is 1. The van der Waals surface area contributed by atoms with Crippen LogP contribution in [0.15, 0.2) is 24.3 Å². The first kappa shape index (κ1) is 11.9. The maximum atomic E-state index is 10.6. The van der Waals surface area contributed by atoms with Crippen molar-refractivity contribution in [3.63, 3.8) is 0 Å². The molecule has 0 spiro atoms. The summed E-state index contributed by atoms with van der Waals surface area (Å²) in [7, 11) is 0. The number of hydrogen-bond acceptors (Lipinski definition) is 3. The number of carbonyl (C=O) groups is 1. The van der Waals surface area contributed by atoms with Crippen LogP contribution in [-0.2, 0) is 4.79 Å². The van der Waals surface area contributed by atoms with Crippen molar-refractivity contribution in [3.8, 4) is 5.75 Å². The summed E-state index contributed by atoms with van der Waals surface area (Å²) >= 11 is 0. The van der Waals surface area contributed by atoms with E-state index in [1.54, 1.807) is 0 Å². The normalized spacial score (nSPS) is 17.2. The summed E-state index contributed by atoms with van der Waals surface area (Å²) in [4.78, 5) is 10.6. The van der Waals surface area contributed by atoms with E-state index in [1.807, 2.05) is 24.3 Å². The van der Waals surface area contributed by atoms with Crippen LogP contribution >= 0.6 is 0 Å². The third-order valence-electron chi connectivity index (χ3n) is 3.04. The zero-order chi connectivity index (χ0) is 12.3. The highest BCUT2D eigenvalue weighted by atomic mass is 16.5. The Kier molecular flexibility index (Phi) is 3.64. The lowest BCUT2D eigenvalue weighted by atomic mass is 9.96. The zero-order valence-electron chi connectivity index (χ0n) is 9.63. The smallest absolute Gasteiger partial charge is 0.305 e. The molecule has 0 radical (unpaired) electrons. The average Bonchev–Trinajstić information content (AvgIpc) is 2.23. The molecule has 0 amide bonds. The van der Waals surface area contributed by atoms with Gasteiger partial charge in [-0.2, -0.15) is 0 Å². The molecule has 1 unspecified atom stereocenters. The third-order valence-corrected chi connectivity index (χ3v) is 3.04. The van der Waals surface area contributed by atoms with Crippen LogP contribution in [-0.4, -0.2) is 17.2 Å². The van der Waals surface area contributed by atoms with E-state index in [0.29, 0.717) is 6.10 Å². The largest absolute Gasteiger partial charge is 0.490 e. The molecule has 4 nitrogen and oxygen atoms in total. The van der Waals surface area contributed by atoms with Crippen molar-refractivity contribution in [1.29, 1.82) is 0 Å². The lowest BCUT2D eigenvalue weighted by Crippen LogP contribution is -2.24. The molecule has 1 saturated carbocycles. The van der Waals surface area contributed by atoms with E-state index in [0.717, 1.165) is 24.2 Å². The van der Waals surface area contributed by atoms with Crippen LogP contribution in [0.4, 0.5) is 0 Å². The molecule has 1 atom stereocenters. The number of aliphatic carboxylic acids is 1. The number of hydrogen-bond donors (Lipinski definition) is 2. The molecular weight excluding hydrogens is 218 g/mol. The number of ether oxygens (including phenoxy) is 1. The molecule has 1 aliphatic rings. The Labute approximate surface area is 100 Å². The summed E-state index contributed by atoms with van der Waals surface area (Å²) in [5.41, 5.74) is 6.62. The molecule has 1 aromatic carbocycles. The lowest BCUT2D eigenvalue weighted by Gasteiger charge is -2.26. The van der Waals surface area contributed by atoms with Gasteiger partial charge in [0.2, 0.25) is 0 Å². The zero-order valence-corrected chi connectivity index (χ0v) is 9.63. The SMILES string of the molecule is NC(CC(=O)O)c1cccc(OC2CCC2)c1. The molecule has 0 aliphatic heterocycles. The van der Waals surface area contributed by atoms with Crippen molar-refractivity contribution in [1.82, 2.24) is 0 Å². The Morgan fingerprint density at radius 1 is 1.53 bits per heavy atom. The van der Waals surface area contributed by atoms with E-state index >= 15 is 0 Å². The van der Waals surface area contributed by atoms with E-state index in [4.69, 9.17) is 15.6 Å². The Morgan fingerprint density at radius 3 is 2.88 bits per heavy atom. The molecule has 92 valence electrons. The summed E-state index contributed by atoms with van der Waals surface area (Å²) in [6.45, 7) is 0. The van der Waals surface area contributed by atoms with Crippen LogP contribution in [0.2, 0.25) is 0 Å². The molecule has 3 N–H and O–H groups in total. The first-order valence-electron chi connectivity index (χ1n) is 5.89. The molecule has 1 aliphatic carbocycles. The van der Waals surface area contributed by atoms with Crippen molar-refractivity contribution in [2.75, 3.05) is 0 Å². The number of benzene rings is 1. The summed E-state index contributed by atoms with van der Waals surface area (Å²) in [5.74, 6) is -0.101. The standard InChI is InChI=1S/C13H17NO3/c14-12(8-13(15)16)9-3-1-6-11(7-9)17-10-4-2-5-10/h1,3,6-7,10,12H,2,4-5,8,14H2,(H,15,16). The van der Waals surface area contributed by atoms with Crippen LogP contribution < -0.4 is 10.5 Å². The highest BCUT2D eigenvalue weighted by molar-refractivity contribution is 5.67. The van der Waals surface area contributed by atoms with Crippen LogP contribution in [0.1, 0.15) is 37.3 Å². The summed E-state index contributed by atoms with van der Waals surface area (Å²) in [6.07, 6.45) is 3.69. The van der Waals surface area contributed by atoms with Crippen molar-refractivity contribution in [2.24, 2.45) is 5.73 Å². The second-order valence-corrected chi connectivity index (χ2v) is 4.45. The van der Waals surface area contributed by atoms with Crippen molar-refractivity contribution >= 4 is 5.97 Å². The predicted molar refractivity (Wildman–Crippen MR) is 63.9 cm³/mol. The molecule has 0 aromatic heterocycles. The van der Waals surface area contributed by atoms with Gasteiger partial charge in [0.1, 0.15) is 5.75 Å². The van der Waals surface area contributed by atoms with Gasteiger partial charge in [-0.3, -0.25) is 4.79 Å². The fourth-order valence-corrected chi connectivity index (χ4v) is 1.81. The van der Waals surface area contributed by atoms with Crippen LogP contribution in [0, 0.1) is 0 Å². The molecule has 17 heavy (non-hydrogen) atoms. The maximum Gasteiger partial charge on any atom is 0.305 e. The van der Waals surface area contributed by atoms with Gasteiger partial charge < -0.3 is 15.6 Å². The quantitative estimate of drug-likeness (QED) is 0.819. The van der Waals surface area contributed by atoms with Crippen LogP contribution in [0.25, 0.3) is 0 Å². The van der Waals surface area contributed by atoms with Crippen molar-refractivity contribution in [2.45, 2.75) is 37.8 Å². The molecule has 0 saturated heterocycles. The van der Waals surface area contributed by atoms with Gasteiger partial charge >= 0.3 is 5.97 Å². The molecule has 1 aromatic rings. The molecule has 1 fully saturated rings. The Morgan fingerprint density at radius 2 is 2.29 bits per heavy atom. The predicted octanol–water partition coefficient (Wildman–Crippen LogP) is 2.09. The summed E-state index contributed by atoms with van der Waals surface area (Å²) < 4.78 is 5.74. The average molecular weight is 235 g/mol. The van der Waals surface area contributed by atoms with Gasteiger partial charge in [-0.1, -0.05) is 12.1 Å². The first-order chi connectivity index (χ1) is 8.15. The fraction of sp³-hybridized carbons (Fsp3) is 0.462. The van der Waals surface area contributed by atoms with E-state index in [-0.39, 0.29) is 6.42 Å². The van der Waals surface area contributed by atoms with Crippen molar-refractivity contribution < 1.29 is 14.6 Å². The monoisotopic (exact) mass is 235 g/mol. The number of carboxylic acids is 1. The number of rotatable bonds is 5. The topological polar surface area (TPSA) is 72.6 Å². The van der Waals surface area contributed by atoms with E-state index in [2.05, 4.69) is 0 Å². The molecular formula is C13H17NO3. The van der Waals surface area contributed by atoms with Gasteiger partial charge in [0.25, 0.3) is 0 Å². The highest BCUT2D eigenvalue weighted by Crippen LogP contribution is 2.27. The van der Waals surface area contributed by atoms with Gasteiger partial charge in [-0.15, -0.1) is 0 Å². The first-order valence-corrected chi connectivity index (χ1v) is 5.89. The van der Waals surface area contributed by atoms with E-state index < -0.39 is 12.0 Å². The molecule has 0 heterocycles. The van der Waals surface area contributed by atoms with Crippen LogP contribution in [0.5, 0.6) is 5.75 Å². The number of nitrogens with two attached hydrogens (primary N) is 1. The Bertz CT molecular complexity index is 401. The van der Waals surface area contributed by atoms with Crippen LogP contribution in [0.3, 0.4) is 0 Å². The molecule has 2 rings (SSSR count). The van der Waals surface area contributed by atoms with E-state index in [9.17, 15) is 4.79 Å².